The maximum absolute atomic E-state index is 11.3. The van der Waals surface area contributed by atoms with E-state index in [2.05, 4.69) is 58.3 Å². The molecule has 0 saturated carbocycles. The third-order valence-corrected chi connectivity index (χ3v) is 4.08. The van der Waals surface area contributed by atoms with E-state index in [1.807, 2.05) is 18.2 Å². The van der Waals surface area contributed by atoms with Crippen LogP contribution in [0.5, 0.6) is 0 Å². The molecule has 5 nitrogen and oxygen atoms in total. The summed E-state index contributed by atoms with van der Waals surface area (Å²) in [7, 11) is 0. The topological polar surface area (TPSA) is 63.9 Å². The van der Waals surface area contributed by atoms with Gasteiger partial charge in [-0.15, -0.1) is 0 Å². The molecule has 3 aromatic rings. The summed E-state index contributed by atoms with van der Waals surface area (Å²) in [5.74, 6) is 0. The molecule has 0 spiro atoms. The van der Waals surface area contributed by atoms with Gasteiger partial charge in [-0.25, -0.2) is 4.79 Å². The molecule has 0 bridgehead atoms. The van der Waals surface area contributed by atoms with Crippen LogP contribution in [-0.2, 0) is 6.54 Å². The maximum Gasteiger partial charge on any atom is 0.323 e. The fraction of sp³-hybridized carbons (Fsp3) is 0.278. The number of nitrogens with one attached hydrogen (secondary N) is 3. The van der Waals surface area contributed by atoms with E-state index < -0.39 is 0 Å². The van der Waals surface area contributed by atoms with E-state index in [-0.39, 0.29) is 5.69 Å². The number of fused-ring (bicyclic) bond motifs is 1. The third kappa shape index (κ3) is 3.39. The zero-order valence-corrected chi connectivity index (χ0v) is 13.5. The van der Waals surface area contributed by atoms with Crippen molar-refractivity contribution in [1.82, 2.24) is 9.97 Å². The Morgan fingerprint density at radius 1 is 0.957 bits per heavy atom. The molecule has 0 radical (unpaired) electrons. The highest BCUT2D eigenvalue weighted by molar-refractivity contribution is 5.78. The van der Waals surface area contributed by atoms with Crippen LogP contribution in [-0.4, -0.2) is 23.1 Å². The molecule has 1 heterocycles. The SMILES string of the molecule is CCN(CC)c1ccc(CNc2ccc3[nH]c(=O)[nH]c3c2)cc1. The van der Waals surface area contributed by atoms with Crippen LogP contribution in [0, 0.1) is 0 Å². The molecular formula is C18H22N4O. The first-order valence-corrected chi connectivity index (χ1v) is 7.99. The van der Waals surface area contributed by atoms with Gasteiger partial charge in [0.2, 0.25) is 0 Å². The molecule has 0 saturated heterocycles. The lowest BCUT2D eigenvalue weighted by Crippen LogP contribution is -2.21. The van der Waals surface area contributed by atoms with Gasteiger partial charge in [0, 0.05) is 31.0 Å². The first kappa shape index (κ1) is 15.2. The number of hydrogen-bond acceptors (Lipinski definition) is 3. The van der Waals surface area contributed by atoms with Gasteiger partial charge in [0.1, 0.15) is 0 Å². The van der Waals surface area contributed by atoms with Crippen molar-refractivity contribution in [1.29, 1.82) is 0 Å². The minimum absolute atomic E-state index is 0.177. The molecule has 5 heteroatoms. The molecule has 0 aliphatic carbocycles. The summed E-state index contributed by atoms with van der Waals surface area (Å²) in [6.45, 7) is 7.12. The van der Waals surface area contributed by atoms with Crippen molar-refractivity contribution in [3.8, 4) is 0 Å². The van der Waals surface area contributed by atoms with Crippen LogP contribution < -0.4 is 15.9 Å². The largest absolute Gasteiger partial charge is 0.381 e. The molecule has 0 atom stereocenters. The van der Waals surface area contributed by atoms with Gasteiger partial charge in [0.25, 0.3) is 0 Å². The quantitative estimate of drug-likeness (QED) is 0.654. The Morgan fingerprint density at radius 3 is 2.35 bits per heavy atom. The molecule has 2 aromatic carbocycles. The van der Waals surface area contributed by atoms with E-state index in [0.29, 0.717) is 0 Å². The minimum atomic E-state index is -0.177. The molecule has 0 amide bonds. The third-order valence-electron chi connectivity index (χ3n) is 4.08. The first-order valence-electron chi connectivity index (χ1n) is 7.99. The zero-order valence-electron chi connectivity index (χ0n) is 13.5. The van der Waals surface area contributed by atoms with Crippen molar-refractivity contribution in [2.75, 3.05) is 23.3 Å². The van der Waals surface area contributed by atoms with E-state index >= 15 is 0 Å². The van der Waals surface area contributed by atoms with Crippen molar-refractivity contribution in [2.45, 2.75) is 20.4 Å². The zero-order chi connectivity index (χ0) is 16.2. The van der Waals surface area contributed by atoms with Crippen LogP contribution in [0.15, 0.2) is 47.3 Å². The van der Waals surface area contributed by atoms with Gasteiger partial charge in [-0.2, -0.15) is 0 Å². The van der Waals surface area contributed by atoms with Crippen LogP contribution in [0.2, 0.25) is 0 Å². The molecule has 3 N–H and O–H groups in total. The Kier molecular flexibility index (Phi) is 4.37. The van der Waals surface area contributed by atoms with E-state index in [0.717, 1.165) is 36.4 Å². The second kappa shape index (κ2) is 6.60. The first-order chi connectivity index (χ1) is 11.2. The molecule has 0 aliphatic rings. The van der Waals surface area contributed by atoms with E-state index in [1.54, 1.807) is 0 Å². The van der Waals surface area contributed by atoms with Crippen molar-refractivity contribution in [3.05, 3.63) is 58.5 Å². The lowest BCUT2D eigenvalue weighted by molar-refractivity contribution is 0.865. The molecule has 1 aromatic heterocycles. The highest BCUT2D eigenvalue weighted by atomic mass is 16.1. The predicted molar refractivity (Wildman–Crippen MR) is 96.2 cm³/mol. The molecule has 0 fully saturated rings. The van der Waals surface area contributed by atoms with Crippen LogP contribution in [0.1, 0.15) is 19.4 Å². The number of H-pyrrole nitrogens is 2. The Hall–Kier alpha value is -2.69. The average Bonchev–Trinajstić information content (AvgIpc) is 2.94. The molecular weight excluding hydrogens is 288 g/mol. The van der Waals surface area contributed by atoms with Crippen LogP contribution in [0.25, 0.3) is 11.0 Å². The van der Waals surface area contributed by atoms with Gasteiger partial charge in [-0.05, 0) is 49.7 Å². The summed E-state index contributed by atoms with van der Waals surface area (Å²) < 4.78 is 0. The predicted octanol–water partition coefficient (Wildman–Crippen LogP) is 3.31. The number of anilines is 2. The summed E-state index contributed by atoms with van der Waals surface area (Å²) in [4.78, 5) is 19.1. The Balaban J connectivity index is 1.68. The molecule has 0 aliphatic heterocycles. The highest BCUT2D eigenvalue weighted by Gasteiger charge is 2.02. The Bertz CT molecular complexity index is 828. The van der Waals surface area contributed by atoms with Gasteiger partial charge >= 0.3 is 5.69 Å². The Morgan fingerprint density at radius 2 is 1.65 bits per heavy atom. The second-order valence-electron chi connectivity index (χ2n) is 5.53. The minimum Gasteiger partial charge on any atom is -0.381 e. The van der Waals surface area contributed by atoms with Gasteiger partial charge in [-0.1, -0.05) is 12.1 Å². The normalized spacial score (nSPS) is 10.9. The summed E-state index contributed by atoms with van der Waals surface area (Å²) in [5, 5.41) is 3.39. The van der Waals surface area contributed by atoms with Crippen LogP contribution in [0.4, 0.5) is 11.4 Å². The number of aromatic amines is 2. The summed E-state index contributed by atoms with van der Waals surface area (Å²) in [6.07, 6.45) is 0. The number of nitrogens with zero attached hydrogens (tertiary/aromatic N) is 1. The lowest BCUT2D eigenvalue weighted by Gasteiger charge is -2.21. The monoisotopic (exact) mass is 310 g/mol. The van der Waals surface area contributed by atoms with Crippen molar-refractivity contribution in [2.24, 2.45) is 0 Å². The summed E-state index contributed by atoms with van der Waals surface area (Å²) in [6, 6.07) is 14.4. The van der Waals surface area contributed by atoms with E-state index in [9.17, 15) is 4.79 Å². The van der Waals surface area contributed by atoms with Crippen LogP contribution in [0.3, 0.4) is 0 Å². The number of aromatic nitrogens is 2. The number of hydrogen-bond donors (Lipinski definition) is 3. The molecule has 120 valence electrons. The number of benzene rings is 2. The van der Waals surface area contributed by atoms with Crippen molar-refractivity contribution < 1.29 is 0 Å². The Labute approximate surface area is 135 Å². The highest BCUT2D eigenvalue weighted by Crippen LogP contribution is 2.18. The smallest absolute Gasteiger partial charge is 0.323 e. The van der Waals surface area contributed by atoms with Crippen molar-refractivity contribution in [3.63, 3.8) is 0 Å². The fourth-order valence-electron chi connectivity index (χ4n) is 2.76. The molecule has 23 heavy (non-hydrogen) atoms. The number of rotatable bonds is 6. The van der Waals surface area contributed by atoms with Gasteiger partial charge in [-0.3, -0.25) is 0 Å². The average molecular weight is 310 g/mol. The fourth-order valence-corrected chi connectivity index (χ4v) is 2.76. The second-order valence-corrected chi connectivity index (χ2v) is 5.53. The van der Waals surface area contributed by atoms with Crippen LogP contribution >= 0.6 is 0 Å². The summed E-state index contributed by atoms with van der Waals surface area (Å²) >= 11 is 0. The molecule has 3 rings (SSSR count). The van der Waals surface area contributed by atoms with E-state index in [4.69, 9.17) is 0 Å². The lowest BCUT2D eigenvalue weighted by atomic mass is 10.2. The van der Waals surface area contributed by atoms with Gasteiger partial charge in [0.05, 0.1) is 11.0 Å². The van der Waals surface area contributed by atoms with Gasteiger partial charge in [0.15, 0.2) is 0 Å². The molecule has 0 unspecified atom stereocenters. The maximum atomic E-state index is 11.3. The van der Waals surface area contributed by atoms with E-state index in [1.165, 1.54) is 11.3 Å². The standard InChI is InChI=1S/C18H22N4O/c1-3-22(4-2)15-8-5-13(6-9-15)12-19-14-7-10-16-17(11-14)21-18(23)20-16/h5-11,19H,3-4,12H2,1-2H3,(H2,20,21,23). The van der Waals surface area contributed by atoms with Crippen molar-refractivity contribution >= 4 is 22.4 Å². The summed E-state index contributed by atoms with van der Waals surface area (Å²) in [5.41, 5.74) is 4.93. The number of imidazole rings is 1. The van der Waals surface area contributed by atoms with Gasteiger partial charge < -0.3 is 20.2 Å².